The van der Waals surface area contributed by atoms with Crippen molar-refractivity contribution in [1.82, 2.24) is 0 Å². The predicted molar refractivity (Wildman–Crippen MR) is 67.5 cm³/mol. The van der Waals surface area contributed by atoms with E-state index in [2.05, 4.69) is 0 Å². The lowest BCUT2D eigenvalue weighted by molar-refractivity contribution is -0.136. The molecule has 5 nitrogen and oxygen atoms in total. The van der Waals surface area contributed by atoms with Crippen molar-refractivity contribution < 1.29 is 24.5 Å². The van der Waals surface area contributed by atoms with E-state index >= 15 is 0 Å². The molecule has 0 saturated heterocycles. The van der Waals surface area contributed by atoms with E-state index in [1.807, 2.05) is 6.92 Å². The first kappa shape index (κ1) is 16.7. The number of rotatable bonds is 12. The molecule has 0 aliphatic rings. The van der Waals surface area contributed by atoms with Gasteiger partial charge in [-0.1, -0.05) is 6.92 Å². The molecule has 0 aromatic heterocycles. The van der Waals surface area contributed by atoms with Gasteiger partial charge in [-0.05, 0) is 6.42 Å². The second-order valence-corrected chi connectivity index (χ2v) is 4.71. The number of ether oxygens (including phenoxy) is 2. The van der Waals surface area contributed by atoms with Gasteiger partial charge in [0.1, 0.15) is 0 Å². The highest BCUT2D eigenvalue weighted by atomic mass is 32.2. The van der Waals surface area contributed by atoms with Crippen LogP contribution in [0.25, 0.3) is 0 Å². The number of hydrogen-bond donors (Lipinski definition) is 2. The Morgan fingerprint density at radius 1 is 1.29 bits per heavy atom. The van der Waals surface area contributed by atoms with E-state index in [0.29, 0.717) is 24.7 Å². The molecule has 0 aliphatic heterocycles. The fraction of sp³-hybridized carbons (Fsp3) is 0.909. The molecule has 1 atom stereocenters. The molecule has 0 saturated carbocycles. The van der Waals surface area contributed by atoms with Crippen molar-refractivity contribution in [1.29, 1.82) is 0 Å². The highest BCUT2D eigenvalue weighted by molar-refractivity contribution is 7.99. The highest BCUT2D eigenvalue weighted by Gasteiger charge is 2.05. The Balaban J connectivity index is 3.17. The molecule has 0 amide bonds. The van der Waals surface area contributed by atoms with Crippen molar-refractivity contribution in [2.45, 2.75) is 25.9 Å². The lowest BCUT2D eigenvalue weighted by Crippen LogP contribution is -2.20. The summed E-state index contributed by atoms with van der Waals surface area (Å²) in [7, 11) is 0. The van der Waals surface area contributed by atoms with Crippen LogP contribution in [-0.4, -0.2) is 60.2 Å². The van der Waals surface area contributed by atoms with Crippen molar-refractivity contribution in [3.8, 4) is 0 Å². The second-order valence-electron chi connectivity index (χ2n) is 3.56. The first-order valence-electron chi connectivity index (χ1n) is 5.80. The highest BCUT2D eigenvalue weighted by Crippen LogP contribution is 2.05. The third-order valence-electron chi connectivity index (χ3n) is 1.80. The van der Waals surface area contributed by atoms with Gasteiger partial charge in [-0.2, -0.15) is 11.8 Å². The monoisotopic (exact) mass is 266 g/mol. The normalized spacial score (nSPS) is 12.6. The molecular weight excluding hydrogens is 244 g/mol. The molecule has 6 heteroatoms. The Kier molecular flexibility index (Phi) is 12.0. The summed E-state index contributed by atoms with van der Waals surface area (Å²) in [4.78, 5) is 10.2. The fourth-order valence-electron chi connectivity index (χ4n) is 1.01. The van der Waals surface area contributed by atoms with Crippen molar-refractivity contribution in [3.63, 3.8) is 0 Å². The molecular formula is C11H22O5S. The van der Waals surface area contributed by atoms with Gasteiger partial charge in [0, 0.05) is 18.1 Å². The van der Waals surface area contributed by atoms with Crippen LogP contribution in [0.3, 0.4) is 0 Å². The molecule has 0 heterocycles. The number of aliphatic hydroxyl groups is 1. The van der Waals surface area contributed by atoms with Gasteiger partial charge in [0.15, 0.2) is 0 Å². The number of thioether (sulfide) groups is 1. The van der Waals surface area contributed by atoms with E-state index in [1.165, 1.54) is 11.8 Å². The summed E-state index contributed by atoms with van der Waals surface area (Å²) in [6.45, 7) is 4.08. The first-order valence-corrected chi connectivity index (χ1v) is 6.95. The van der Waals surface area contributed by atoms with Crippen LogP contribution in [0.4, 0.5) is 0 Å². The van der Waals surface area contributed by atoms with Crippen molar-refractivity contribution >= 4 is 17.7 Å². The van der Waals surface area contributed by atoms with Gasteiger partial charge in [0.2, 0.25) is 0 Å². The maximum Gasteiger partial charge on any atom is 0.304 e. The Labute approximate surface area is 106 Å². The van der Waals surface area contributed by atoms with Gasteiger partial charge in [0.05, 0.1) is 32.3 Å². The third-order valence-corrected chi connectivity index (χ3v) is 2.91. The summed E-state index contributed by atoms with van der Waals surface area (Å²) in [5.41, 5.74) is 0. The van der Waals surface area contributed by atoms with Crippen LogP contribution in [0.1, 0.15) is 19.8 Å². The van der Waals surface area contributed by atoms with Crippen molar-refractivity contribution in [2.24, 2.45) is 0 Å². The van der Waals surface area contributed by atoms with E-state index in [9.17, 15) is 9.90 Å². The average Bonchev–Trinajstić information content (AvgIpc) is 2.29. The van der Waals surface area contributed by atoms with Gasteiger partial charge in [0.25, 0.3) is 0 Å². The van der Waals surface area contributed by atoms with Gasteiger partial charge in [-0.3, -0.25) is 4.79 Å². The minimum absolute atomic E-state index is 0.128. The van der Waals surface area contributed by atoms with Gasteiger partial charge >= 0.3 is 5.97 Å². The molecule has 0 aromatic carbocycles. The molecule has 0 rings (SSSR count). The van der Waals surface area contributed by atoms with Crippen LogP contribution in [-0.2, 0) is 14.3 Å². The predicted octanol–water partition coefficient (Wildman–Crippen LogP) is 0.998. The summed E-state index contributed by atoms with van der Waals surface area (Å²) in [6.07, 6.45) is 0.575. The minimum atomic E-state index is -0.809. The number of hydrogen-bond acceptors (Lipinski definition) is 5. The van der Waals surface area contributed by atoms with Crippen LogP contribution in [0.15, 0.2) is 0 Å². The molecule has 0 radical (unpaired) electrons. The minimum Gasteiger partial charge on any atom is -0.481 e. The number of aliphatic carboxylic acids is 1. The zero-order valence-corrected chi connectivity index (χ0v) is 11.1. The van der Waals surface area contributed by atoms with E-state index in [-0.39, 0.29) is 13.0 Å². The zero-order chi connectivity index (χ0) is 12.9. The second kappa shape index (κ2) is 12.2. The Morgan fingerprint density at radius 3 is 2.65 bits per heavy atom. The molecule has 0 aromatic rings. The van der Waals surface area contributed by atoms with Crippen LogP contribution >= 0.6 is 11.8 Å². The standard InChI is InChI=1S/C11H22O5S/c1-2-4-15-5-6-16-8-10(12)9-17-7-3-11(13)14/h10,12H,2-9H2,1H3,(H,13,14). The lowest BCUT2D eigenvalue weighted by atomic mass is 10.4. The Bertz CT molecular complexity index is 189. The van der Waals surface area contributed by atoms with E-state index < -0.39 is 12.1 Å². The lowest BCUT2D eigenvalue weighted by Gasteiger charge is -2.10. The fourth-order valence-corrected chi connectivity index (χ4v) is 1.86. The molecule has 17 heavy (non-hydrogen) atoms. The number of carboxylic acid groups (broad SMARTS) is 1. The number of carbonyl (C=O) groups is 1. The number of carboxylic acids is 1. The van der Waals surface area contributed by atoms with Crippen LogP contribution in [0.5, 0.6) is 0 Å². The Morgan fingerprint density at radius 2 is 2.00 bits per heavy atom. The molecule has 2 N–H and O–H groups in total. The largest absolute Gasteiger partial charge is 0.481 e. The van der Waals surface area contributed by atoms with Gasteiger partial charge in [-0.15, -0.1) is 0 Å². The maximum atomic E-state index is 10.2. The quantitative estimate of drug-likeness (QED) is 0.513. The van der Waals surface area contributed by atoms with E-state index in [1.54, 1.807) is 0 Å². The number of aliphatic hydroxyl groups excluding tert-OH is 1. The molecule has 0 aliphatic carbocycles. The topological polar surface area (TPSA) is 76.0 Å². The summed E-state index contributed by atoms with van der Waals surface area (Å²) >= 11 is 1.42. The molecule has 0 fully saturated rings. The van der Waals surface area contributed by atoms with Gasteiger partial charge in [-0.25, -0.2) is 0 Å². The van der Waals surface area contributed by atoms with Gasteiger partial charge < -0.3 is 19.7 Å². The summed E-state index contributed by atoms with van der Waals surface area (Å²) < 4.78 is 10.4. The van der Waals surface area contributed by atoms with Crippen LogP contribution in [0.2, 0.25) is 0 Å². The van der Waals surface area contributed by atoms with Crippen LogP contribution < -0.4 is 0 Å². The summed E-state index contributed by atoms with van der Waals surface area (Å²) in [6, 6.07) is 0. The van der Waals surface area contributed by atoms with Crippen LogP contribution in [0, 0.1) is 0 Å². The SMILES string of the molecule is CCCOCCOCC(O)CSCCC(=O)O. The molecule has 102 valence electrons. The van der Waals surface area contributed by atoms with E-state index in [4.69, 9.17) is 14.6 Å². The average molecular weight is 266 g/mol. The Hall–Kier alpha value is -0.300. The molecule has 1 unspecified atom stereocenters. The zero-order valence-electron chi connectivity index (χ0n) is 10.3. The summed E-state index contributed by atoms with van der Waals surface area (Å²) in [5.74, 6) is 0.214. The smallest absolute Gasteiger partial charge is 0.304 e. The first-order chi connectivity index (χ1) is 8.16. The third kappa shape index (κ3) is 13.6. The maximum absolute atomic E-state index is 10.2. The van der Waals surface area contributed by atoms with E-state index in [0.717, 1.165) is 13.0 Å². The summed E-state index contributed by atoms with van der Waals surface area (Å²) in [5, 5.41) is 17.9. The van der Waals surface area contributed by atoms with Crippen molar-refractivity contribution in [3.05, 3.63) is 0 Å². The molecule has 0 spiro atoms. The molecule has 0 bridgehead atoms. The van der Waals surface area contributed by atoms with Crippen molar-refractivity contribution in [2.75, 3.05) is 37.9 Å².